The lowest BCUT2D eigenvalue weighted by Crippen LogP contribution is -2.54. The summed E-state index contributed by atoms with van der Waals surface area (Å²) in [5.74, 6) is -0.930. The topological polar surface area (TPSA) is 63.3 Å². The largest absolute Gasteiger partial charge is 0.480 e. The lowest BCUT2D eigenvalue weighted by atomic mass is 9.70. The van der Waals surface area contributed by atoms with Crippen molar-refractivity contribution < 1.29 is 9.90 Å². The molecule has 1 aromatic carbocycles. The van der Waals surface area contributed by atoms with Crippen molar-refractivity contribution in [3.05, 3.63) is 35.9 Å². The van der Waals surface area contributed by atoms with Crippen molar-refractivity contribution in [1.82, 2.24) is 0 Å². The summed E-state index contributed by atoms with van der Waals surface area (Å²) in [7, 11) is 0. The van der Waals surface area contributed by atoms with E-state index in [1.807, 2.05) is 30.3 Å². The normalized spacial score (nSPS) is 28.2. The first kappa shape index (κ1) is 14.0. The minimum absolute atomic E-state index is 0. The molecule has 17 heavy (non-hydrogen) atoms. The van der Waals surface area contributed by atoms with Crippen LogP contribution in [0.2, 0.25) is 0 Å². The van der Waals surface area contributed by atoms with E-state index < -0.39 is 11.5 Å². The number of hydrogen-bond acceptors (Lipinski definition) is 2. The van der Waals surface area contributed by atoms with E-state index in [0.29, 0.717) is 6.42 Å². The lowest BCUT2D eigenvalue weighted by molar-refractivity contribution is -0.145. The molecule has 4 heteroatoms. The van der Waals surface area contributed by atoms with E-state index in [0.717, 1.165) is 24.8 Å². The molecule has 1 aromatic rings. The molecule has 2 atom stereocenters. The van der Waals surface area contributed by atoms with Crippen molar-refractivity contribution in [2.75, 3.05) is 0 Å². The van der Waals surface area contributed by atoms with Gasteiger partial charge < -0.3 is 10.8 Å². The van der Waals surface area contributed by atoms with Crippen LogP contribution in [-0.2, 0) is 4.79 Å². The summed E-state index contributed by atoms with van der Waals surface area (Å²) < 4.78 is 0. The second kappa shape index (κ2) is 5.52. The number of carbonyl (C=O) groups is 1. The molecule has 2 rings (SSSR count). The number of rotatable bonds is 2. The van der Waals surface area contributed by atoms with Crippen molar-refractivity contribution in [3.63, 3.8) is 0 Å². The zero-order valence-electron chi connectivity index (χ0n) is 9.63. The Bertz CT molecular complexity index is 382. The minimum Gasteiger partial charge on any atom is -0.480 e. The van der Waals surface area contributed by atoms with Gasteiger partial charge in [0, 0.05) is 5.92 Å². The average molecular weight is 256 g/mol. The van der Waals surface area contributed by atoms with Crippen LogP contribution in [0.4, 0.5) is 0 Å². The minimum atomic E-state index is -1.08. The Labute approximate surface area is 107 Å². The second-order valence-corrected chi connectivity index (χ2v) is 4.55. The summed E-state index contributed by atoms with van der Waals surface area (Å²) in [6, 6.07) is 9.75. The van der Waals surface area contributed by atoms with E-state index in [1.165, 1.54) is 0 Å². The summed E-state index contributed by atoms with van der Waals surface area (Å²) in [5, 5.41) is 9.30. The Morgan fingerprint density at radius 2 is 1.94 bits per heavy atom. The summed E-state index contributed by atoms with van der Waals surface area (Å²) in [5.41, 5.74) is 6.04. The molecule has 1 fully saturated rings. The van der Waals surface area contributed by atoms with Gasteiger partial charge in [-0.25, -0.2) is 0 Å². The van der Waals surface area contributed by atoms with Crippen LogP contribution in [0.25, 0.3) is 0 Å². The molecule has 94 valence electrons. The summed E-state index contributed by atoms with van der Waals surface area (Å²) in [4.78, 5) is 11.3. The van der Waals surface area contributed by atoms with E-state index in [4.69, 9.17) is 5.73 Å². The smallest absolute Gasteiger partial charge is 0.324 e. The van der Waals surface area contributed by atoms with Crippen molar-refractivity contribution >= 4 is 18.4 Å². The number of aliphatic carboxylic acids is 1. The first-order chi connectivity index (χ1) is 7.64. The van der Waals surface area contributed by atoms with Gasteiger partial charge in [-0.15, -0.1) is 12.4 Å². The molecule has 0 aliphatic heterocycles. The van der Waals surface area contributed by atoms with Gasteiger partial charge >= 0.3 is 5.97 Å². The fraction of sp³-hybridized carbons (Fsp3) is 0.462. The van der Waals surface area contributed by atoms with Crippen molar-refractivity contribution in [1.29, 1.82) is 0 Å². The van der Waals surface area contributed by atoms with Crippen LogP contribution in [0.5, 0.6) is 0 Å². The highest BCUT2D eigenvalue weighted by Gasteiger charge is 2.44. The summed E-state index contributed by atoms with van der Waals surface area (Å²) in [6.07, 6.45) is 3.41. The van der Waals surface area contributed by atoms with Crippen LogP contribution >= 0.6 is 12.4 Å². The highest BCUT2D eigenvalue weighted by atomic mass is 35.5. The van der Waals surface area contributed by atoms with Gasteiger partial charge in [0.2, 0.25) is 0 Å². The van der Waals surface area contributed by atoms with E-state index in [9.17, 15) is 9.90 Å². The lowest BCUT2D eigenvalue weighted by Gasteiger charge is -2.38. The molecule has 0 saturated heterocycles. The van der Waals surface area contributed by atoms with Crippen LogP contribution in [0, 0.1) is 0 Å². The molecule has 1 saturated carbocycles. The molecule has 0 radical (unpaired) electrons. The van der Waals surface area contributed by atoms with Gasteiger partial charge in [0.25, 0.3) is 0 Å². The third-order valence-corrected chi connectivity index (χ3v) is 3.56. The Kier molecular flexibility index (Phi) is 4.54. The van der Waals surface area contributed by atoms with Gasteiger partial charge in [0.05, 0.1) is 0 Å². The molecule has 3 nitrogen and oxygen atoms in total. The maximum absolute atomic E-state index is 11.3. The van der Waals surface area contributed by atoms with E-state index in [-0.39, 0.29) is 18.3 Å². The van der Waals surface area contributed by atoms with E-state index >= 15 is 0 Å². The predicted octanol–water partition coefficient (Wildman–Crippen LogP) is 2.55. The van der Waals surface area contributed by atoms with Gasteiger partial charge in [-0.1, -0.05) is 43.2 Å². The molecular formula is C13H18ClNO2. The molecule has 0 unspecified atom stereocenters. The summed E-state index contributed by atoms with van der Waals surface area (Å²) in [6.45, 7) is 0. The van der Waals surface area contributed by atoms with Crippen LogP contribution < -0.4 is 5.73 Å². The fourth-order valence-corrected chi connectivity index (χ4v) is 2.60. The van der Waals surface area contributed by atoms with Gasteiger partial charge in [-0.05, 0) is 18.4 Å². The van der Waals surface area contributed by atoms with Crippen LogP contribution in [0.15, 0.2) is 30.3 Å². The highest BCUT2D eigenvalue weighted by molar-refractivity contribution is 5.85. The number of hydrogen-bond donors (Lipinski definition) is 2. The zero-order valence-corrected chi connectivity index (χ0v) is 10.5. The van der Waals surface area contributed by atoms with Gasteiger partial charge in [-0.3, -0.25) is 4.79 Å². The van der Waals surface area contributed by atoms with Gasteiger partial charge in [0.1, 0.15) is 5.54 Å². The Morgan fingerprint density at radius 3 is 2.53 bits per heavy atom. The molecule has 0 aromatic heterocycles. The third kappa shape index (κ3) is 2.61. The van der Waals surface area contributed by atoms with Crippen molar-refractivity contribution in [3.8, 4) is 0 Å². The monoisotopic (exact) mass is 255 g/mol. The first-order valence-electron chi connectivity index (χ1n) is 5.72. The van der Waals surface area contributed by atoms with Crippen LogP contribution in [0.1, 0.15) is 37.2 Å². The van der Waals surface area contributed by atoms with Gasteiger partial charge in [-0.2, -0.15) is 0 Å². The molecular weight excluding hydrogens is 238 g/mol. The fourth-order valence-electron chi connectivity index (χ4n) is 2.60. The van der Waals surface area contributed by atoms with Gasteiger partial charge in [0.15, 0.2) is 0 Å². The van der Waals surface area contributed by atoms with E-state index in [2.05, 4.69) is 0 Å². The Balaban J connectivity index is 0.00000144. The number of nitrogens with two attached hydrogens (primary N) is 1. The molecule has 0 amide bonds. The second-order valence-electron chi connectivity index (χ2n) is 4.55. The molecule has 0 bridgehead atoms. The molecule has 1 aliphatic carbocycles. The van der Waals surface area contributed by atoms with Crippen molar-refractivity contribution in [2.45, 2.75) is 37.1 Å². The quantitative estimate of drug-likeness (QED) is 0.854. The molecule has 0 heterocycles. The predicted molar refractivity (Wildman–Crippen MR) is 69.5 cm³/mol. The SMILES string of the molecule is Cl.N[C@]1(C(=O)O)CCCC[C@H]1c1ccccc1. The highest BCUT2D eigenvalue weighted by Crippen LogP contribution is 2.39. The number of halogens is 1. The molecule has 3 N–H and O–H groups in total. The zero-order chi connectivity index (χ0) is 11.6. The Hall–Kier alpha value is -1.06. The first-order valence-corrected chi connectivity index (χ1v) is 5.72. The maximum atomic E-state index is 11.3. The molecule has 1 aliphatic rings. The number of carboxylic acids is 1. The standard InChI is InChI=1S/C13H17NO2.ClH/c14-13(12(15)16)9-5-4-8-11(13)10-6-2-1-3-7-10;/h1-3,6-7,11H,4-5,8-9,14H2,(H,15,16);1H/t11-,13+;/m0./s1. The van der Waals surface area contributed by atoms with Crippen molar-refractivity contribution in [2.24, 2.45) is 5.73 Å². The maximum Gasteiger partial charge on any atom is 0.324 e. The van der Waals surface area contributed by atoms with E-state index in [1.54, 1.807) is 0 Å². The summed E-state index contributed by atoms with van der Waals surface area (Å²) >= 11 is 0. The molecule has 0 spiro atoms. The van der Waals surface area contributed by atoms with Crippen LogP contribution in [-0.4, -0.2) is 16.6 Å². The average Bonchev–Trinajstić information content (AvgIpc) is 2.30. The Morgan fingerprint density at radius 1 is 1.29 bits per heavy atom. The number of benzene rings is 1. The van der Waals surface area contributed by atoms with Crippen LogP contribution in [0.3, 0.4) is 0 Å². The third-order valence-electron chi connectivity index (χ3n) is 3.56. The number of carboxylic acid groups (broad SMARTS) is 1.